The second kappa shape index (κ2) is 12.5. The van der Waals surface area contributed by atoms with Crippen molar-refractivity contribution in [2.75, 3.05) is 53.6 Å². The van der Waals surface area contributed by atoms with E-state index in [1.807, 2.05) is 11.6 Å². The van der Waals surface area contributed by atoms with Crippen molar-refractivity contribution < 1.29 is 27.0 Å². The Morgan fingerprint density at radius 1 is 1.08 bits per heavy atom. The predicted octanol–water partition coefficient (Wildman–Crippen LogP) is 4.53. The van der Waals surface area contributed by atoms with Crippen LogP contribution in [0.3, 0.4) is 0 Å². The fourth-order valence-corrected chi connectivity index (χ4v) is 9.00. The van der Waals surface area contributed by atoms with E-state index >= 15 is 4.39 Å². The van der Waals surface area contributed by atoms with Gasteiger partial charge in [0, 0.05) is 61.4 Å². The van der Waals surface area contributed by atoms with Gasteiger partial charge in [0.25, 0.3) is 0 Å². The van der Waals surface area contributed by atoms with Gasteiger partial charge < -0.3 is 19.6 Å². The number of fused-ring (bicyclic) bond motifs is 4. The number of nitrogens with one attached hydrogen (secondary N) is 1. The number of benzene rings is 2. The van der Waals surface area contributed by atoms with Crippen molar-refractivity contribution in [3.05, 3.63) is 58.7 Å². The fourth-order valence-electron chi connectivity index (χ4n) is 8.52. The third-order valence-electron chi connectivity index (χ3n) is 10.7. The van der Waals surface area contributed by atoms with Gasteiger partial charge in [-0.1, -0.05) is 13.0 Å². The van der Waals surface area contributed by atoms with E-state index in [9.17, 15) is 17.9 Å². The van der Waals surface area contributed by atoms with Crippen molar-refractivity contribution in [3.8, 4) is 11.8 Å². The van der Waals surface area contributed by atoms with E-state index in [2.05, 4.69) is 24.5 Å². The van der Waals surface area contributed by atoms with Gasteiger partial charge in [0.2, 0.25) is 10.0 Å². The smallest absolute Gasteiger partial charge is 0.318 e. The number of aromatic hydroxyl groups is 1. The summed E-state index contributed by atoms with van der Waals surface area (Å²) < 4.78 is 64.3. The highest BCUT2D eigenvalue weighted by molar-refractivity contribution is 7.92. The van der Waals surface area contributed by atoms with E-state index in [1.54, 1.807) is 24.3 Å². The van der Waals surface area contributed by atoms with Crippen molar-refractivity contribution >= 4 is 38.1 Å². The number of rotatable bonds is 8. The molecule has 8 rings (SSSR count). The molecule has 0 spiro atoms. The highest BCUT2D eigenvalue weighted by atomic mass is 32.2. The molecular weight excluding hydrogens is 667 g/mol. The minimum absolute atomic E-state index is 0.105. The van der Waals surface area contributed by atoms with E-state index < -0.39 is 16.2 Å². The van der Waals surface area contributed by atoms with Crippen LogP contribution < -0.4 is 19.3 Å². The first-order valence-electron chi connectivity index (χ1n) is 17.4. The SMILES string of the molecule is CCc1c(F)ccc2cc(O)cc(N3CCc4c(nc(OCC56CCCN5C[C@H](F)C6)nc4N4CCCn5nc(NS(C)(=O)=O)cc5C4)C3)c12. The molecule has 4 aliphatic heterocycles. The molecule has 2 atom stereocenters. The number of hydrogen-bond acceptors (Lipinski definition) is 10. The number of anilines is 3. The zero-order valence-corrected chi connectivity index (χ0v) is 29.1. The van der Waals surface area contributed by atoms with E-state index in [-0.39, 0.29) is 28.9 Å². The van der Waals surface area contributed by atoms with Gasteiger partial charge in [-0.05, 0) is 61.7 Å². The molecule has 0 radical (unpaired) electrons. The molecule has 2 fully saturated rings. The summed E-state index contributed by atoms with van der Waals surface area (Å²) in [6.07, 6.45) is 4.36. The molecule has 12 nitrogen and oxygen atoms in total. The average molecular weight is 709 g/mol. The molecule has 0 aliphatic carbocycles. The molecule has 2 aromatic carbocycles. The molecule has 266 valence electrons. The molecule has 6 heterocycles. The molecule has 1 unspecified atom stereocenters. The van der Waals surface area contributed by atoms with Gasteiger partial charge in [0.05, 0.1) is 36.3 Å². The van der Waals surface area contributed by atoms with Crippen molar-refractivity contribution in [3.63, 3.8) is 0 Å². The monoisotopic (exact) mass is 708 g/mol. The molecular formula is C35H42F2N8O4S. The standard InChI is InChI=1S/C35H42F2N8O4S/c1-3-26-28(37)7-6-22-14-25(46)16-30(32(22)26)42-13-8-27-29(20-42)38-34(49-21-35-9-4-11-44(35)18-23(36)17-35)39-33(27)43-10-5-12-45-24(19-43)15-31(40-45)41-50(2,47)48/h6-7,14-16,23,46H,3-5,8-13,17-21H2,1-2H3,(H,40,41)/t23-,35?/m1/s1. The Morgan fingerprint density at radius 2 is 1.94 bits per heavy atom. The topological polar surface area (TPSA) is 129 Å². The zero-order valence-electron chi connectivity index (χ0n) is 28.3. The third kappa shape index (κ3) is 6.08. The molecule has 2 saturated heterocycles. The lowest BCUT2D eigenvalue weighted by molar-refractivity contribution is 0.107. The summed E-state index contributed by atoms with van der Waals surface area (Å²) in [5.41, 5.74) is 3.58. The van der Waals surface area contributed by atoms with Crippen LogP contribution in [-0.4, -0.2) is 88.9 Å². The van der Waals surface area contributed by atoms with Gasteiger partial charge in [-0.25, -0.2) is 17.2 Å². The lowest BCUT2D eigenvalue weighted by atomic mass is 9.95. The van der Waals surface area contributed by atoms with E-state index in [1.165, 1.54) is 6.07 Å². The first-order chi connectivity index (χ1) is 24.0. The quantitative estimate of drug-likeness (QED) is 0.270. The number of aromatic nitrogens is 4. The van der Waals surface area contributed by atoms with E-state index in [0.29, 0.717) is 70.7 Å². The number of halogens is 2. The Morgan fingerprint density at radius 3 is 2.76 bits per heavy atom. The minimum atomic E-state index is -3.49. The fraction of sp³-hybridized carbons (Fsp3) is 0.514. The summed E-state index contributed by atoms with van der Waals surface area (Å²) >= 11 is 0. The number of alkyl halides is 1. The second-order valence-corrected chi connectivity index (χ2v) is 15.9. The first-order valence-corrected chi connectivity index (χ1v) is 19.3. The molecule has 0 amide bonds. The summed E-state index contributed by atoms with van der Waals surface area (Å²) in [5, 5.41) is 16.8. The van der Waals surface area contributed by atoms with Crippen LogP contribution in [0.2, 0.25) is 0 Å². The molecule has 15 heteroatoms. The predicted molar refractivity (Wildman–Crippen MR) is 187 cm³/mol. The normalized spacial score (nSPS) is 22.4. The zero-order chi connectivity index (χ0) is 34.8. The van der Waals surface area contributed by atoms with Gasteiger partial charge in [-0.15, -0.1) is 0 Å². The Hall–Kier alpha value is -4.24. The van der Waals surface area contributed by atoms with Gasteiger partial charge in [0.1, 0.15) is 30.2 Å². The van der Waals surface area contributed by atoms with Crippen LogP contribution in [-0.2, 0) is 42.5 Å². The Kier molecular flexibility index (Phi) is 8.24. The average Bonchev–Trinajstić information content (AvgIpc) is 3.68. The summed E-state index contributed by atoms with van der Waals surface area (Å²) in [6.45, 7) is 6.21. The second-order valence-electron chi connectivity index (χ2n) is 14.1. The number of phenolic OH excluding ortho intramolecular Hbond substituents is 1. The number of phenols is 1. The van der Waals surface area contributed by atoms with Crippen LogP contribution in [0.15, 0.2) is 30.3 Å². The highest BCUT2D eigenvalue weighted by Gasteiger charge is 2.49. The van der Waals surface area contributed by atoms with Crippen molar-refractivity contribution in [2.45, 2.75) is 76.8 Å². The van der Waals surface area contributed by atoms with Crippen LogP contribution in [0.1, 0.15) is 55.1 Å². The van der Waals surface area contributed by atoms with Crippen LogP contribution in [0.25, 0.3) is 10.8 Å². The number of sulfonamides is 1. The maximum Gasteiger partial charge on any atom is 0.318 e. The van der Waals surface area contributed by atoms with Crippen LogP contribution in [0, 0.1) is 5.82 Å². The lowest BCUT2D eigenvalue weighted by Crippen LogP contribution is -2.43. The summed E-state index contributed by atoms with van der Waals surface area (Å²) in [6, 6.07) is 8.50. The van der Waals surface area contributed by atoms with Gasteiger partial charge in [-0.2, -0.15) is 15.1 Å². The summed E-state index contributed by atoms with van der Waals surface area (Å²) in [7, 11) is -3.49. The number of hydrogen-bond donors (Lipinski definition) is 2. The van der Waals surface area contributed by atoms with Gasteiger partial charge in [0.15, 0.2) is 5.82 Å². The Bertz CT molecular complexity index is 2080. The maximum atomic E-state index is 15.1. The minimum Gasteiger partial charge on any atom is -0.508 e. The molecule has 4 aliphatic rings. The van der Waals surface area contributed by atoms with Crippen LogP contribution in [0.4, 0.5) is 26.1 Å². The van der Waals surface area contributed by atoms with Crippen LogP contribution >= 0.6 is 0 Å². The lowest BCUT2D eigenvalue weighted by Gasteiger charge is -2.35. The molecule has 0 bridgehead atoms. The Labute approximate surface area is 290 Å². The number of aryl methyl sites for hydroxylation is 2. The maximum absolute atomic E-state index is 15.1. The van der Waals surface area contributed by atoms with E-state index in [4.69, 9.17) is 14.7 Å². The summed E-state index contributed by atoms with van der Waals surface area (Å²) in [5.74, 6) is 0.850. The third-order valence-corrected chi connectivity index (χ3v) is 11.3. The van der Waals surface area contributed by atoms with E-state index in [0.717, 1.165) is 71.3 Å². The number of nitrogens with zero attached hydrogens (tertiary/aromatic N) is 7. The van der Waals surface area contributed by atoms with Crippen molar-refractivity contribution in [1.29, 1.82) is 0 Å². The number of ether oxygens (including phenoxy) is 1. The first kappa shape index (κ1) is 32.9. The molecule has 50 heavy (non-hydrogen) atoms. The largest absolute Gasteiger partial charge is 0.508 e. The Balaban J connectivity index is 1.17. The molecule has 2 aromatic heterocycles. The molecule has 2 N–H and O–H groups in total. The highest BCUT2D eigenvalue weighted by Crippen LogP contribution is 2.42. The molecule has 4 aromatic rings. The van der Waals surface area contributed by atoms with Gasteiger partial charge >= 0.3 is 6.01 Å². The summed E-state index contributed by atoms with van der Waals surface area (Å²) in [4.78, 5) is 16.5. The van der Waals surface area contributed by atoms with Crippen molar-refractivity contribution in [2.24, 2.45) is 0 Å². The molecule has 0 saturated carbocycles. The van der Waals surface area contributed by atoms with Crippen molar-refractivity contribution in [1.82, 2.24) is 24.6 Å². The van der Waals surface area contributed by atoms with Gasteiger partial charge in [-0.3, -0.25) is 14.3 Å². The van der Waals surface area contributed by atoms with Crippen LogP contribution in [0.5, 0.6) is 11.8 Å².